The van der Waals surface area contributed by atoms with E-state index in [1.807, 2.05) is 31.2 Å². The van der Waals surface area contributed by atoms with Gasteiger partial charge in [0.2, 0.25) is 0 Å². The van der Waals surface area contributed by atoms with Crippen LogP contribution >= 0.6 is 0 Å². The first-order valence-corrected chi connectivity index (χ1v) is 6.61. The Morgan fingerprint density at radius 2 is 2.26 bits per heavy atom. The van der Waals surface area contributed by atoms with Crippen LogP contribution in [0.1, 0.15) is 13.3 Å². The van der Waals surface area contributed by atoms with Gasteiger partial charge in [-0.05, 0) is 25.5 Å². The number of benzene rings is 1. The van der Waals surface area contributed by atoms with E-state index in [0.29, 0.717) is 6.54 Å². The molecule has 1 heterocycles. The minimum absolute atomic E-state index is 0.0542. The summed E-state index contributed by atoms with van der Waals surface area (Å²) in [5.74, 6) is 2.48. The van der Waals surface area contributed by atoms with Crippen LogP contribution in [0.15, 0.2) is 29.3 Å². The van der Waals surface area contributed by atoms with Crippen molar-refractivity contribution in [3.05, 3.63) is 24.3 Å². The van der Waals surface area contributed by atoms with Crippen LogP contribution in [0, 0.1) is 0 Å². The topological polar surface area (TPSA) is 54.9 Å². The van der Waals surface area contributed by atoms with Crippen LogP contribution in [0.4, 0.5) is 0 Å². The van der Waals surface area contributed by atoms with Gasteiger partial charge in [0.1, 0.15) is 17.6 Å². The minimum atomic E-state index is 0.0542. The molecule has 1 aliphatic heterocycles. The summed E-state index contributed by atoms with van der Waals surface area (Å²) < 4.78 is 11.0. The summed E-state index contributed by atoms with van der Waals surface area (Å²) in [6, 6.07) is 7.62. The molecular formula is C14H21N3O2. The van der Waals surface area contributed by atoms with E-state index in [0.717, 1.165) is 37.0 Å². The molecule has 0 fully saturated rings. The van der Waals surface area contributed by atoms with E-state index in [9.17, 15) is 0 Å². The second kappa shape index (κ2) is 6.87. The highest BCUT2D eigenvalue weighted by atomic mass is 16.5. The molecule has 104 valence electrons. The third-order valence-corrected chi connectivity index (χ3v) is 2.83. The zero-order valence-corrected chi connectivity index (χ0v) is 11.5. The number of nitrogens with one attached hydrogen (secondary N) is 2. The lowest BCUT2D eigenvalue weighted by molar-refractivity contribution is 0.223. The molecule has 2 rings (SSSR count). The van der Waals surface area contributed by atoms with Gasteiger partial charge in [-0.3, -0.25) is 4.99 Å². The Morgan fingerprint density at radius 3 is 3.00 bits per heavy atom. The number of guanidine groups is 1. The second-order valence-corrected chi connectivity index (χ2v) is 4.50. The molecule has 0 aromatic heterocycles. The molecule has 0 spiro atoms. The van der Waals surface area contributed by atoms with Crippen molar-refractivity contribution in [1.82, 2.24) is 10.6 Å². The van der Waals surface area contributed by atoms with Crippen molar-refractivity contribution in [2.24, 2.45) is 4.99 Å². The molecule has 0 saturated heterocycles. The van der Waals surface area contributed by atoms with Crippen LogP contribution in [0.3, 0.4) is 0 Å². The molecule has 1 atom stereocenters. The fourth-order valence-electron chi connectivity index (χ4n) is 1.84. The van der Waals surface area contributed by atoms with Crippen molar-refractivity contribution in [2.45, 2.75) is 19.4 Å². The van der Waals surface area contributed by atoms with Gasteiger partial charge in [0.25, 0.3) is 0 Å². The molecule has 0 aliphatic carbocycles. The summed E-state index contributed by atoms with van der Waals surface area (Å²) >= 11 is 0. The number of hydrogen-bond acceptors (Lipinski definition) is 5. The van der Waals surface area contributed by atoms with E-state index in [1.54, 1.807) is 7.11 Å². The third kappa shape index (κ3) is 4.35. The van der Waals surface area contributed by atoms with Crippen LogP contribution in [0.25, 0.3) is 0 Å². The molecule has 0 bridgehead atoms. The van der Waals surface area contributed by atoms with Crippen molar-refractivity contribution in [2.75, 3.05) is 26.7 Å². The van der Waals surface area contributed by atoms with Gasteiger partial charge in [0.05, 0.1) is 13.7 Å². The smallest absolute Gasteiger partial charge is 0.191 e. The summed E-state index contributed by atoms with van der Waals surface area (Å²) in [7, 11) is 1.65. The Morgan fingerprint density at radius 1 is 1.42 bits per heavy atom. The van der Waals surface area contributed by atoms with Gasteiger partial charge >= 0.3 is 0 Å². The zero-order chi connectivity index (χ0) is 13.5. The predicted octanol–water partition coefficient (Wildman–Crippen LogP) is 1.40. The lowest BCUT2D eigenvalue weighted by atomic mass is 10.3. The quantitative estimate of drug-likeness (QED) is 0.843. The van der Waals surface area contributed by atoms with E-state index in [4.69, 9.17) is 9.47 Å². The number of rotatable bonds is 5. The van der Waals surface area contributed by atoms with Gasteiger partial charge in [-0.15, -0.1) is 0 Å². The Balaban J connectivity index is 1.79. The fraction of sp³-hybridized carbons (Fsp3) is 0.500. The summed E-state index contributed by atoms with van der Waals surface area (Å²) in [6.07, 6.45) is 1.15. The maximum absolute atomic E-state index is 5.82. The number of nitrogens with zero attached hydrogens (tertiary/aromatic N) is 1. The fourth-order valence-corrected chi connectivity index (χ4v) is 1.84. The summed E-state index contributed by atoms with van der Waals surface area (Å²) in [5, 5.41) is 6.47. The molecular weight excluding hydrogens is 242 g/mol. The van der Waals surface area contributed by atoms with Gasteiger partial charge < -0.3 is 20.1 Å². The molecule has 0 radical (unpaired) electrons. The molecule has 1 unspecified atom stereocenters. The highest BCUT2D eigenvalue weighted by Crippen LogP contribution is 2.19. The van der Waals surface area contributed by atoms with E-state index >= 15 is 0 Å². The van der Waals surface area contributed by atoms with E-state index in [2.05, 4.69) is 15.6 Å². The van der Waals surface area contributed by atoms with Gasteiger partial charge in [0.15, 0.2) is 5.96 Å². The average molecular weight is 263 g/mol. The van der Waals surface area contributed by atoms with Gasteiger partial charge in [0, 0.05) is 19.2 Å². The van der Waals surface area contributed by atoms with Crippen LogP contribution < -0.4 is 20.1 Å². The Hall–Kier alpha value is -1.91. The first-order chi connectivity index (χ1) is 9.28. The Bertz CT molecular complexity index is 434. The van der Waals surface area contributed by atoms with Crippen molar-refractivity contribution in [1.29, 1.82) is 0 Å². The molecule has 19 heavy (non-hydrogen) atoms. The maximum Gasteiger partial charge on any atom is 0.191 e. The minimum Gasteiger partial charge on any atom is -0.497 e. The molecule has 2 N–H and O–H groups in total. The second-order valence-electron chi connectivity index (χ2n) is 4.50. The lowest BCUT2D eigenvalue weighted by Crippen LogP contribution is -2.44. The van der Waals surface area contributed by atoms with Crippen molar-refractivity contribution < 1.29 is 9.47 Å². The largest absolute Gasteiger partial charge is 0.497 e. The molecule has 1 aliphatic rings. The van der Waals surface area contributed by atoms with Crippen LogP contribution in [0.2, 0.25) is 0 Å². The molecule has 1 aromatic rings. The molecule has 5 heteroatoms. The van der Waals surface area contributed by atoms with Crippen molar-refractivity contribution in [3.63, 3.8) is 0 Å². The first-order valence-electron chi connectivity index (χ1n) is 6.61. The molecule has 1 aromatic carbocycles. The highest BCUT2D eigenvalue weighted by Gasteiger charge is 2.08. The van der Waals surface area contributed by atoms with Crippen molar-refractivity contribution >= 4 is 5.96 Å². The van der Waals surface area contributed by atoms with Gasteiger partial charge in [-0.25, -0.2) is 0 Å². The predicted molar refractivity (Wildman–Crippen MR) is 76.0 cm³/mol. The normalized spacial score (nSPS) is 16.0. The average Bonchev–Trinajstić information content (AvgIpc) is 2.46. The third-order valence-electron chi connectivity index (χ3n) is 2.83. The number of hydrogen-bond donors (Lipinski definition) is 2. The van der Waals surface area contributed by atoms with Crippen LogP contribution in [-0.2, 0) is 0 Å². The van der Waals surface area contributed by atoms with Crippen LogP contribution in [-0.4, -0.2) is 38.8 Å². The van der Waals surface area contributed by atoms with E-state index in [1.165, 1.54) is 0 Å². The van der Waals surface area contributed by atoms with Crippen LogP contribution in [0.5, 0.6) is 11.5 Å². The number of ether oxygens (including phenoxy) is 2. The highest BCUT2D eigenvalue weighted by molar-refractivity contribution is 5.80. The summed E-state index contributed by atoms with van der Waals surface area (Å²) in [4.78, 5) is 4.35. The zero-order valence-electron chi connectivity index (χ0n) is 11.5. The van der Waals surface area contributed by atoms with Gasteiger partial charge in [-0.2, -0.15) is 0 Å². The van der Waals surface area contributed by atoms with E-state index < -0.39 is 0 Å². The van der Waals surface area contributed by atoms with E-state index in [-0.39, 0.29) is 6.10 Å². The van der Waals surface area contributed by atoms with Crippen molar-refractivity contribution in [3.8, 4) is 11.5 Å². The molecule has 5 nitrogen and oxygen atoms in total. The maximum atomic E-state index is 5.82. The lowest BCUT2D eigenvalue weighted by Gasteiger charge is -2.20. The monoisotopic (exact) mass is 263 g/mol. The molecule has 0 saturated carbocycles. The Kier molecular flexibility index (Phi) is 4.89. The molecule has 0 amide bonds. The standard InChI is InChI=1S/C14H21N3O2/c1-11(10-17-14-15-7-4-8-16-14)19-13-6-3-5-12(9-13)18-2/h3,5-6,9,11H,4,7-8,10H2,1-2H3,(H2,15,16,17). The number of methoxy groups -OCH3 is 1. The SMILES string of the molecule is COc1cccc(OC(C)CNC2=NCCCN2)c1. The number of aliphatic imine (C=N–C) groups is 1. The van der Waals surface area contributed by atoms with Gasteiger partial charge in [-0.1, -0.05) is 6.07 Å². The summed E-state index contributed by atoms with van der Waals surface area (Å²) in [6.45, 7) is 4.61. The Labute approximate surface area is 114 Å². The first kappa shape index (κ1) is 13.5. The summed E-state index contributed by atoms with van der Waals surface area (Å²) in [5.41, 5.74) is 0.